The largest absolute Gasteiger partial charge is 0.368 e. The second kappa shape index (κ2) is 10.3. The van der Waals surface area contributed by atoms with Gasteiger partial charge in [-0.25, -0.2) is 0 Å². The summed E-state index contributed by atoms with van der Waals surface area (Å²) in [5.41, 5.74) is 8.52. The summed E-state index contributed by atoms with van der Waals surface area (Å²) in [6, 6.07) is 12.3. The Morgan fingerprint density at radius 2 is 1.41 bits per heavy atom. The molecule has 1 unspecified atom stereocenters. The van der Waals surface area contributed by atoms with E-state index in [1.54, 1.807) is 30.6 Å². The standard InChI is InChI=1S/C22H22Cl2N4O/c23-18-6-1-7-19(24)20(18)21(22(25)29)28(12-8-16-4-2-10-26-14-16)13-9-17-5-3-11-27-15-17/h1-7,10-11,14-15,21H,8-9,12-13H2,(H2,25,29). The molecule has 0 saturated heterocycles. The normalized spacial score (nSPS) is 12.1. The van der Waals surface area contributed by atoms with Gasteiger partial charge in [-0.1, -0.05) is 41.4 Å². The van der Waals surface area contributed by atoms with Crippen molar-refractivity contribution in [2.75, 3.05) is 13.1 Å². The van der Waals surface area contributed by atoms with Crippen LogP contribution in [0.3, 0.4) is 0 Å². The summed E-state index contributed by atoms with van der Waals surface area (Å²) in [6.45, 7) is 1.20. The van der Waals surface area contributed by atoms with Crippen molar-refractivity contribution in [3.8, 4) is 0 Å². The Hall–Kier alpha value is -2.47. The summed E-state index contributed by atoms with van der Waals surface area (Å²) >= 11 is 12.8. The molecule has 2 aromatic heterocycles. The first-order valence-electron chi connectivity index (χ1n) is 9.31. The third-order valence-electron chi connectivity index (χ3n) is 4.73. The topological polar surface area (TPSA) is 72.1 Å². The number of hydrogen-bond acceptors (Lipinski definition) is 4. The molecule has 3 aromatic rings. The van der Waals surface area contributed by atoms with Gasteiger partial charge in [0.15, 0.2) is 0 Å². The number of nitrogens with zero attached hydrogens (tertiary/aromatic N) is 3. The molecule has 0 bridgehead atoms. The number of carbonyl (C=O) groups is 1. The van der Waals surface area contributed by atoms with E-state index in [1.165, 1.54) is 0 Å². The van der Waals surface area contributed by atoms with E-state index in [0.29, 0.717) is 41.5 Å². The lowest BCUT2D eigenvalue weighted by atomic mass is 10.0. The minimum atomic E-state index is -0.732. The second-order valence-electron chi connectivity index (χ2n) is 6.70. The number of primary amides is 1. The van der Waals surface area contributed by atoms with Crippen LogP contribution in [0.25, 0.3) is 0 Å². The summed E-state index contributed by atoms with van der Waals surface area (Å²) in [5, 5.41) is 0.850. The Morgan fingerprint density at radius 3 is 1.83 bits per heavy atom. The number of hydrogen-bond donors (Lipinski definition) is 1. The molecule has 1 aromatic carbocycles. The SMILES string of the molecule is NC(=O)C(c1c(Cl)cccc1Cl)N(CCc1cccnc1)CCc1cccnc1. The number of nitrogens with two attached hydrogens (primary N) is 1. The van der Waals surface area contributed by atoms with Crippen LogP contribution in [0.2, 0.25) is 10.0 Å². The van der Waals surface area contributed by atoms with Crippen LogP contribution >= 0.6 is 23.2 Å². The average Bonchev–Trinajstić information content (AvgIpc) is 2.73. The minimum absolute atomic E-state index is 0.425. The summed E-state index contributed by atoms with van der Waals surface area (Å²) in [5.74, 6) is -0.489. The van der Waals surface area contributed by atoms with Crippen molar-refractivity contribution in [1.29, 1.82) is 0 Å². The fourth-order valence-electron chi connectivity index (χ4n) is 3.28. The fourth-order valence-corrected chi connectivity index (χ4v) is 3.89. The maximum Gasteiger partial charge on any atom is 0.239 e. The number of amides is 1. The van der Waals surface area contributed by atoms with E-state index >= 15 is 0 Å². The molecule has 0 aliphatic heterocycles. The van der Waals surface area contributed by atoms with Crippen molar-refractivity contribution in [2.24, 2.45) is 5.73 Å². The van der Waals surface area contributed by atoms with Crippen LogP contribution in [0.5, 0.6) is 0 Å². The van der Waals surface area contributed by atoms with Crippen LogP contribution in [-0.4, -0.2) is 33.9 Å². The first-order valence-corrected chi connectivity index (χ1v) is 10.1. The first kappa shape index (κ1) is 21.2. The average molecular weight is 429 g/mol. The molecule has 3 rings (SSSR count). The van der Waals surface area contributed by atoms with Crippen molar-refractivity contribution in [1.82, 2.24) is 14.9 Å². The van der Waals surface area contributed by atoms with Gasteiger partial charge in [-0.3, -0.25) is 19.7 Å². The Morgan fingerprint density at radius 1 is 0.897 bits per heavy atom. The quantitative estimate of drug-likeness (QED) is 0.556. The highest BCUT2D eigenvalue weighted by atomic mass is 35.5. The maximum atomic E-state index is 12.5. The van der Waals surface area contributed by atoms with Gasteiger partial charge in [-0.2, -0.15) is 0 Å². The summed E-state index contributed by atoms with van der Waals surface area (Å²) in [7, 11) is 0. The third kappa shape index (κ3) is 5.76. The second-order valence-corrected chi connectivity index (χ2v) is 7.51. The van der Waals surface area contributed by atoms with E-state index in [-0.39, 0.29) is 0 Å². The van der Waals surface area contributed by atoms with Crippen LogP contribution in [0.4, 0.5) is 0 Å². The van der Waals surface area contributed by atoms with Crippen molar-refractivity contribution in [3.63, 3.8) is 0 Å². The molecule has 7 heteroatoms. The smallest absolute Gasteiger partial charge is 0.239 e. The van der Waals surface area contributed by atoms with Crippen molar-refractivity contribution in [3.05, 3.63) is 94.0 Å². The summed E-state index contributed by atoms with van der Waals surface area (Å²) in [4.78, 5) is 22.9. The van der Waals surface area contributed by atoms with Gasteiger partial charge in [0.1, 0.15) is 6.04 Å². The van der Waals surface area contributed by atoms with Crippen molar-refractivity contribution in [2.45, 2.75) is 18.9 Å². The molecule has 0 aliphatic carbocycles. The molecule has 2 heterocycles. The molecule has 2 N–H and O–H groups in total. The van der Waals surface area contributed by atoms with E-state index < -0.39 is 11.9 Å². The molecule has 5 nitrogen and oxygen atoms in total. The molecule has 0 spiro atoms. The number of halogens is 2. The number of rotatable bonds is 9. The van der Waals surface area contributed by atoms with Crippen LogP contribution in [0, 0.1) is 0 Å². The highest BCUT2D eigenvalue weighted by Crippen LogP contribution is 2.34. The van der Waals surface area contributed by atoms with E-state index in [0.717, 1.165) is 11.1 Å². The Kier molecular flexibility index (Phi) is 7.58. The highest BCUT2D eigenvalue weighted by molar-refractivity contribution is 6.36. The van der Waals surface area contributed by atoms with Crippen LogP contribution in [-0.2, 0) is 17.6 Å². The molecular weight excluding hydrogens is 407 g/mol. The molecular formula is C22H22Cl2N4O. The lowest BCUT2D eigenvalue weighted by molar-refractivity contribution is -0.123. The first-order chi connectivity index (χ1) is 14.1. The highest BCUT2D eigenvalue weighted by Gasteiger charge is 2.29. The zero-order valence-electron chi connectivity index (χ0n) is 15.8. The van der Waals surface area contributed by atoms with E-state index in [2.05, 4.69) is 9.97 Å². The van der Waals surface area contributed by atoms with Gasteiger partial charge in [0, 0.05) is 53.5 Å². The molecule has 1 amide bonds. The van der Waals surface area contributed by atoms with Gasteiger partial charge < -0.3 is 5.73 Å². The predicted molar refractivity (Wildman–Crippen MR) is 116 cm³/mol. The fraction of sp³-hybridized carbons (Fsp3) is 0.227. The van der Waals surface area contributed by atoms with Gasteiger partial charge >= 0.3 is 0 Å². The zero-order chi connectivity index (χ0) is 20.6. The lowest BCUT2D eigenvalue weighted by Crippen LogP contribution is -2.40. The van der Waals surface area contributed by atoms with Crippen LogP contribution < -0.4 is 5.73 Å². The number of aromatic nitrogens is 2. The van der Waals surface area contributed by atoms with Gasteiger partial charge in [0.25, 0.3) is 0 Å². The third-order valence-corrected chi connectivity index (χ3v) is 5.39. The maximum absolute atomic E-state index is 12.5. The van der Waals surface area contributed by atoms with Crippen molar-refractivity contribution >= 4 is 29.1 Å². The zero-order valence-corrected chi connectivity index (χ0v) is 17.4. The van der Waals surface area contributed by atoms with Crippen LogP contribution in [0.15, 0.2) is 67.3 Å². The van der Waals surface area contributed by atoms with Crippen molar-refractivity contribution < 1.29 is 4.79 Å². The molecule has 29 heavy (non-hydrogen) atoms. The monoisotopic (exact) mass is 428 g/mol. The number of benzene rings is 1. The Balaban J connectivity index is 1.88. The van der Waals surface area contributed by atoms with E-state index in [9.17, 15) is 4.79 Å². The predicted octanol–water partition coefficient (Wildman–Crippen LogP) is 4.10. The molecule has 0 radical (unpaired) electrons. The molecule has 0 aliphatic rings. The molecule has 1 atom stereocenters. The number of carbonyl (C=O) groups excluding carboxylic acids is 1. The Labute approximate surface area is 180 Å². The lowest BCUT2D eigenvalue weighted by Gasteiger charge is -2.31. The van der Waals surface area contributed by atoms with Gasteiger partial charge in [0.2, 0.25) is 5.91 Å². The molecule has 150 valence electrons. The number of pyridine rings is 2. The summed E-state index contributed by atoms with van der Waals surface area (Å²) in [6.07, 6.45) is 8.54. The van der Waals surface area contributed by atoms with Crippen LogP contribution in [0.1, 0.15) is 22.7 Å². The van der Waals surface area contributed by atoms with Gasteiger partial charge in [-0.15, -0.1) is 0 Å². The Bertz CT molecular complexity index is 874. The van der Waals surface area contributed by atoms with Gasteiger partial charge in [-0.05, 0) is 48.2 Å². The minimum Gasteiger partial charge on any atom is -0.368 e. The van der Waals surface area contributed by atoms with E-state index in [1.807, 2.05) is 41.6 Å². The molecule has 0 fully saturated rings. The summed E-state index contributed by atoms with van der Waals surface area (Å²) < 4.78 is 0. The molecule has 0 saturated carbocycles. The van der Waals surface area contributed by atoms with E-state index in [4.69, 9.17) is 28.9 Å². The van der Waals surface area contributed by atoms with Gasteiger partial charge in [0.05, 0.1) is 0 Å².